The van der Waals surface area contributed by atoms with Crippen molar-refractivity contribution < 1.29 is 9.53 Å². The third kappa shape index (κ3) is 3.35. The van der Waals surface area contributed by atoms with E-state index in [0.29, 0.717) is 32.7 Å². The van der Waals surface area contributed by atoms with E-state index in [9.17, 15) is 4.79 Å². The maximum absolute atomic E-state index is 12.1. The SMILES string of the molecule is COc1cc(N)cc(C(=O)Nc2ccc(Cl)c(Cl)c2)c1. The van der Waals surface area contributed by atoms with Crippen LogP contribution in [0.2, 0.25) is 10.0 Å². The van der Waals surface area contributed by atoms with Gasteiger partial charge in [-0.25, -0.2) is 0 Å². The predicted molar refractivity (Wildman–Crippen MR) is 81.8 cm³/mol. The molecule has 0 aliphatic rings. The Morgan fingerprint density at radius 1 is 1.15 bits per heavy atom. The molecule has 0 aliphatic carbocycles. The van der Waals surface area contributed by atoms with E-state index >= 15 is 0 Å². The van der Waals surface area contributed by atoms with E-state index in [1.807, 2.05) is 0 Å². The van der Waals surface area contributed by atoms with Gasteiger partial charge in [-0.3, -0.25) is 4.79 Å². The molecule has 2 rings (SSSR count). The molecule has 6 heteroatoms. The van der Waals surface area contributed by atoms with Crippen molar-refractivity contribution in [2.24, 2.45) is 0 Å². The van der Waals surface area contributed by atoms with Crippen molar-refractivity contribution in [3.8, 4) is 5.75 Å². The molecule has 1 amide bonds. The Morgan fingerprint density at radius 2 is 1.90 bits per heavy atom. The molecule has 0 atom stereocenters. The average molecular weight is 311 g/mol. The number of nitrogens with one attached hydrogen (secondary N) is 1. The van der Waals surface area contributed by atoms with Crippen LogP contribution in [-0.4, -0.2) is 13.0 Å². The average Bonchev–Trinajstić information content (AvgIpc) is 2.42. The Hall–Kier alpha value is -1.91. The second-order valence-corrected chi connectivity index (χ2v) is 4.89. The summed E-state index contributed by atoms with van der Waals surface area (Å²) in [6, 6.07) is 9.65. The standard InChI is InChI=1S/C14H12Cl2N2O2/c1-20-11-5-8(4-9(17)6-11)14(19)18-10-2-3-12(15)13(16)7-10/h2-7H,17H2,1H3,(H,18,19). The molecule has 0 fully saturated rings. The Balaban J connectivity index is 2.23. The lowest BCUT2D eigenvalue weighted by atomic mass is 10.1. The van der Waals surface area contributed by atoms with E-state index in [1.165, 1.54) is 7.11 Å². The summed E-state index contributed by atoms with van der Waals surface area (Å²) in [5.41, 5.74) is 7.10. The van der Waals surface area contributed by atoms with Gasteiger partial charge in [0, 0.05) is 23.0 Å². The topological polar surface area (TPSA) is 64.3 Å². The van der Waals surface area contributed by atoms with Crippen molar-refractivity contribution in [2.45, 2.75) is 0 Å². The fraction of sp³-hybridized carbons (Fsp3) is 0.0714. The molecule has 104 valence electrons. The van der Waals surface area contributed by atoms with Gasteiger partial charge in [0.2, 0.25) is 0 Å². The molecule has 0 aromatic heterocycles. The minimum absolute atomic E-state index is 0.311. The van der Waals surface area contributed by atoms with Crippen LogP contribution in [0.3, 0.4) is 0 Å². The first-order chi connectivity index (χ1) is 9.49. The third-order valence-corrected chi connectivity index (χ3v) is 3.34. The predicted octanol–water partition coefficient (Wildman–Crippen LogP) is 3.84. The fourth-order valence-electron chi connectivity index (χ4n) is 1.65. The smallest absolute Gasteiger partial charge is 0.255 e. The number of hydrogen-bond acceptors (Lipinski definition) is 3. The van der Waals surface area contributed by atoms with Gasteiger partial charge >= 0.3 is 0 Å². The highest BCUT2D eigenvalue weighted by Crippen LogP contribution is 2.26. The molecule has 0 bridgehead atoms. The monoisotopic (exact) mass is 310 g/mol. The summed E-state index contributed by atoms with van der Waals surface area (Å²) in [4.78, 5) is 12.1. The van der Waals surface area contributed by atoms with Gasteiger partial charge in [-0.1, -0.05) is 23.2 Å². The molecule has 20 heavy (non-hydrogen) atoms. The van der Waals surface area contributed by atoms with Crippen molar-refractivity contribution in [3.05, 3.63) is 52.0 Å². The summed E-state index contributed by atoms with van der Waals surface area (Å²) < 4.78 is 5.07. The molecule has 0 saturated heterocycles. The fourth-order valence-corrected chi connectivity index (χ4v) is 1.95. The number of ether oxygens (including phenoxy) is 1. The van der Waals surface area contributed by atoms with Crippen molar-refractivity contribution in [1.82, 2.24) is 0 Å². The molecule has 0 unspecified atom stereocenters. The van der Waals surface area contributed by atoms with Gasteiger partial charge in [-0.05, 0) is 30.3 Å². The van der Waals surface area contributed by atoms with Crippen LogP contribution in [0.4, 0.5) is 11.4 Å². The van der Waals surface area contributed by atoms with Crippen LogP contribution >= 0.6 is 23.2 Å². The van der Waals surface area contributed by atoms with E-state index in [2.05, 4.69) is 5.32 Å². The largest absolute Gasteiger partial charge is 0.497 e. The van der Waals surface area contributed by atoms with Gasteiger partial charge in [-0.2, -0.15) is 0 Å². The van der Waals surface area contributed by atoms with Crippen molar-refractivity contribution in [1.29, 1.82) is 0 Å². The lowest BCUT2D eigenvalue weighted by Crippen LogP contribution is -2.12. The first-order valence-corrected chi connectivity index (χ1v) is 6.46. The minimum Gasteiger partial charge on any atom is -0.497 e. The Kier molecular flexibility index (Phi) is 4.37. The molecular weight excluding hydrogens is 299 g/mol. The first kappa shape index (κ1) is 14.5. The zero-order chi connectivity index (χ0) is 14.7. The quantitative estimate of drug-likeness (QED) is 0.847. The number of carbonyl (C=O) groups is 1. The molecular formula is C14H12Cl2N2O2. The lowest BCUT2D eigenvalue weighted by Gasteiger charge is -2.08. The molecule has 0 saturated carbocycles. The van der Waals surface area contributed by atoms with Crippen molar-refractivity contribution in [2.75, 3.05) is 18.2 Å². The van der Waals surface area contributed by atoms with Crippen LogP contribution in [0.15, 0.2) is 36.4 Å². The summed E-state index contributed by atoms with van der Waals surface area (Å²) >= 11 is 11.7. The summed E-state index contributed by atoms with van der Waals surface area (Å²) in [6.45, 7) is 0. The van der Waals surface area contributed by atoms with Crippen LogP contribution in [0, 0.1) is 0 Å². The maximum atomic E-state index is 12.1. The summed E-state index contributed by atoms with van der Waals surface area (Å²) in [5.74, 6) is 0.207. The van der Waals surface area contributed by atoms with Gasteiger partial charge < -0.3 is 15.8 Å². The Bertz CT molecular complexity index is 660. The zero-order valence-corrected chi connectivity index (χ0v) is 12.1. The Labute approximate surface area is 126 Å². The molecule has 0 aliphatic heterocycles. The summed E-state index contributed by atoms with van der Waals surface area (Å²) in [5, 5.41) is 3.51. The van der Waals surface area contributed by atoms with Gasteiger partial charge in [0.25, 0.3) is 5.91 Å². The number of halogens is 2. The molecule has 4 nitrogen and oxygen atoms in total. The number of methoxy groups -OCH3 is 1. The first-order valence-electron chi connectivity index (χ1n) is 5.70. The van der Waals surface area contributed by atoms with Gasteiger partial charge in [-0.15, -0.1) is 0 Å². The molecule has 2 aromatic rings. The van der Waals surface area contributed by atoms with Crippen LogP contribution in [0.1, 0.15) is 10.4 Å². The number of amides is 1. The number of hydrogen-bond donors (Lipinski definition) is 2. The Morgan fingerprint density at radius 3 is 2.55 bits per heavy atom. The minimum atomic E-state index is -0.311. The van der Waals surface area contributed by atoms with E-state index in [-0.39, 0.29) is 5.91 Å². The second kappa shape index (κ2) is 6.03. The van der Waals surface area contributed by atoms with E-state index in [1.54, 1.807) is 36.4 Å². The van der Waals surface area contributed by atoms with Crippen LogP contribution in [0.25, 0.3) is 0 Å². The number of carbonyl (C=O) groups excluding carboxylic acids is 1. The molecule has 0 radical (unpaired) electrons. The van der Waals surface area contributed by atoms with E-state index in [0.717, 1.165) is 0 Å². The number of nitrogens with two attached hydrogens (primary N) is 1. The number of rotatable bonds is 3. The number of benzene rings is 2. The van der Waals surface area contributed by atoms with E-state index < -0.39 is 0 Å². The van der Waals surface area contributed by atoms with Crippen molar-refractivity contribution >= 4 is 40.5 Å². The van der Waals surface area contributed by atoms with Gasteiger partial charge in [0.1, 0.15) is 5.75 Å². The summed E-state index contributed by atoms with van der Waals surface area (Å²) in [6.07, 6.45) is 0. The highest BCUT2D eigenvalue weighted by atomic mass is 35.5. The molecule has 0 heterocycles. The molecule has 2 aromatic carbocycles. The second-order valence-electron chi connectivity index (χ2n) is 4.08. The molecule has 3 N–H and O–H groups in total. The van der Waals surface area contributed by atoms with Gasteiger partial charge in [0.15, 0.2) is 0 Å². The highest BCUT2D eigenvalue weighted by molar-refractivity contribution is 6.42. The third-order valence-electron chi connectivity index (χ3n) is 2.60. The number of nitrogen functional groups attached to an aromatic ring is 1. The van der Waals surface area contributed by atoms with Crippen molar-refractivity contribution in [3.63, 3.8) is 0 Å². The van der Waals surface area contributed by atoms with Crippen LogP contribution < -0.4 is 15.8 Å². The van der Waals surface area contributed by atoms with Crippen LogP contribution in [-0.2, 0) is 0 Å². The van der Waals surface area contributed by atoms with E-state index in [4.69, 9.17) is 33.7 Å². The maximum Gasteiger partial charge on any atom is 0.255 e. The normalized spacial score (nSPS) is 10.2. The molecule has 0 spiro atoms. The zero-order valence-electron chi connectivity index (χ0n) is 10.6. The van der Waals surface area contributed by atoms with Gasteiger partial charge in [0.05, 0.1) is 17.2 Å². The highest BCUT2D eigenvalue weighted by Gasteiger charge is 2.09. The van der Waals surface area contributed by atoms with Crippen LogP contribution in [0.5, 0.6) is 5.75 Å². The lowest BCUT2D eigenvalue weighted by molar-refractivity contribution is 0.102. The summed E-state index contributed by atoms with van der Waals surface area (Å²) in [7, 11) is 1.51. The number of anilines is 2.